The summed E-state index contributed by atoms with van der Waals surface area (Å²) in [7, 11) is 0. The summed E-state index contributed by atoms with van der Waals surface area (Å²) in [5, 5.41) is 0.672. The average molecular weight is 254 g/mol. The molecule has 0 unspecified atom stereocenters. The van der Waals surface area contributed by atoms with Gasteiger partial charge in [-0.05, 0) is 37.8 Å². The summed E-state index contributed by atoms with van der Waals surface area (Å²) in [5.41, 5.74) is 0. The molecule has 1 aliphatic heterocycles. The lowest BCUT2D eigenvalue weighted by Gasteiger charge is -2.14. The molecule has 2 nitrogen and oxygen atoms in total. The maximum Gasteiger partial charge on any atom is 0.222 e. The van der Waals surface area contributed by atoms with E-state index in [-0.39, 0.29) is 0 Å². The molecule has 0 atom stereocenters. The molecular formula is C14H20ClNO. The summed E-state index contributed by atoms with van der Waals surface area (Å²) in [6, 6.07) is 0. The first-order valence-corrected chi connectivity index (χ1v) is 6.54. The topological polar surface area (TPSA) is 20.3 Å². The summed E-state index contributed by atoms with van der Waals surface area (Å²) >= 11 is 5.85. The van der Waals surface area contributed by atoms with E-state index < -0.39 is 0 Å². The number of nitrogens with zero attached hydrogens (tertiary/aromatic N) is 1. The largest absolute Gasteiger partial charge is 0.343 e. The molecule has 1 amide bonds. The summed E-state index contributed by atoms with van der Waals surface area (Å²) in [4.78, 5) is 13.7. The Hall–Kier alpha value is -1.02. The van der Waals surface area contributed by atoms with Gasteiger partial charge < -0.3 is 4.90 Å². The van der Waals surface area contributed by atoms with Crippen molar-refractivity contribution in [2.45, 2.75) is 32.1 Å². The highest BCUT2D eigenvalue weighted by Gasteiger charge is 2.16. The quantitative estimate of drug-likeness (QED) is 0.523. The van der Waals surface area contributed by atoms with E-state index in [0.717, 1.165) is 38.8 Å². The molecule has 0 aromatic heterocycles. The molecule has 0 aromatic rings. The number of carbonyl (C=O) groups excluding carboxylic acids is 1. The van der Waals surface area contributed by atoms with Crippen LogP contribution in [-0.4, -0.2) is 23.9 Å². The van der Waals surface area contributed by atoms with Crippen molar-refractivity contribution in [2.75, 3.05) is 13.1 Å². The third-order valence-electron chi connectivity index (χ3n) is 2.77. The Morgan fingerprint density at radius 2 is 2.06 bits per heavy atom. The van der Waals surface area contributed by atoms with Gasteiger partial charge in [-0.25, -0.2) is 0 Å². The Bertz CT molecular complexity index is 314. The van der Waals surface area contributed by atoms with Gasteiger partial charge in [0.2, 0.25) is 5.91 Å². The highest BCUT2D eigenvalue weighted by atomic mass is 35.5. The van der Waals surface area contributed by atoms with E-state index >= 15 is 0 Å². The van der Waals surface area contributed by atoms with Crippen molar-refractivity contribution in [3.63, 3.8) is 0 Å². The van der Waals surface area contributed by atoms with E-state index in [1.54, 1.807) is 12.2 Å². The van der Waals surface area contributed by atoms with E-state index in [2.05, 4.69) is 6.58 Å². The predicted octanol–water partition coefficient (Wildman–Crippen LogP) is 3.64. The molecule has 94 valence electrons. The number of likely N-dealkylation sites (tertiary alicyclic amines) is 1. The van der Waals surface area contributed by atoms with Gasteiger partial charge in [-0.2, -0.15) is 0 Å². The van der Waals surface area contributed by atoms with Crippen LogP contribution in [0.1, 0.15) is 32.1 Å². The smallest absolute Gasteiger partial charge is 0.222 e. The van der Waals surface area contributed by atoms with E-state index in [0.29, 0.717) is 17.4 Å². The Morgan fingerprint density at radius 3 is 2.71 bits per heavy atom. The number of allylic oxidation sites excluding steroid dienone is 5. The predicted molar refractivity (Wildman–Crippen MR) is 72.9 cm³/mol. The monoisotopic (exact) mass is 253 g/mol. The van der Waals surface area contributed by atoms with E-state index in [4.69, 9.17) is 11.6 Å². The molecule has 0 saturated carbocycles. The molecule has 0 spiro atoms. The Balaban J connectivity index is 2.13. The van der Waals surface area contributed by atoms with Crippen molar-refractivity contribution < 1.29 is 4.79 Å². The van der Waals surface area contributed by atoms with Crippen LogP contribution < -0.4 is 0 Å². The van der Waals surface area contributed by atoms with Gasteiger partial charge in [0.15, 0.2) is 0 Å². The molecule has 1 rings (SSSR count). The first kappa shape index (κ1) is 14.0. The minimum absolute atomic E-state index is 0.295. The lowest BCUT2D eigenvalue weighted by molar-refractivity contribution is -0.130. The van der Waals surface area contributed by atoms with Crippen LogP contribution in [-0.2, 0) is 4.79 Å². The van der Waals surface area contributed by atoms with E-state index in [1.807, 2.05) is 17.1 Å². The van der Waals surface area contributed by atoms with Crippen LogP contribution in [0.5, 0.6) is 0 Å². The van der Waals surface area contributed by atoms with Gasteiger partial charge in [-0.15, -0.1) is 0 Å². The van der Waals surface area contributed by atoms with Crippen LogP contribution in [0.15, 0.2) is 35.9 Å². The molecule has 1 saturated heterocycles. The number of carbonyl (C=O) groups is 1. The molecule has 17 heavy (non-hydrogen) atoms. The van der Waals surface area contributed by atoms with Crippen LogP contribution in [0.3, 0.4) is 0 Å². The number of amides is 1. The minimum Gasteiger partial charge on any atom is -0.343 e. The second-order valence-corrected chi connectivity index (χ2v) is 4.61. The second kappa shape index (κ2) is 8.13. The van der Waals surface area contributed by atoms with E-state index in [1.165, 1.54) is 0 Å². The van der Waals surface area contributed by atoms with Gasteiger partial charge in [0.05, 0.1) is 0 Å². The lowest BCUT2D eigenvalue weighted by Crippen LogP contribution is -2.27. The zero-order chi connectivity index (χ0) is 12.5. The third kappa shape index (κ3) is 5.73. The maximum atomic E-state index is 11.7. The molecule has 1 heterocycles. The van der Waals surface area contributed by atoms with Gasteiger partial charge >= 0.3 is 0 Å². The Morgan fingerprint density at radius 1 is 1.35 bits per heavy atom. The fraction of sp³-hybridized carbons (Fsp3) is 0.500. The zero-order valence-electron chi connectivity index (χ0n) is 10.2. The highest BCUT2D eigenvalue weighted by molar-refractivity contribution is 6.31. The number of unbranched alkanes of at least 4 members (excludes halogenated alkanes) is 1. The minimum atomic E-state index is 0.295. The van der Waals surface area contributed by atoms with Gasteiger partial charge in [0.1, 0.15) is 0 Å². The van der Waals surface area contributed by atoms with Crippen molar-refractivity contribution in [1.82, 2.24) is 4.90 Å². The molecule has 1 fully saturated rings. The van der Waals surface area contributed by atoms with Crippen molar-refractivity contribution in [3.8, 4) is 0 Å². The van der Waals surface area contributed by atoms with Gasteiger partial charge in [-0.1, -0.05) is 30.3 Å². The molecule has 0 radical (unpaired) electrons. The lowest BCUT2D eigenvalue weighted by atomic mass is 10.2. The number of halogens is 1. The third-order valence-corrected chi connectivity index (χ3v) is 3.03. The molecule has 3 heteroatoms. The number of hydrogen-bond donors (Lipinski definition) is 0. The summed E-state index contributed by atoms with van der Waals surface area (Å²) in [6.45, 7) is 5.46. The molecular weight excluding hydrogens is 234 g/mol. The fourth-order valence-electron chi connectivity index (χ4n) is 1.86. The van der Waals surface area contributed by atoms with Crippen LogP contribution >= 0.6 is 11.6 Å². The number of hydrogen-bond acceptors (Lipinski definition) is 1. The Kier molecular flexibility index (Phi) is 6.71. The molecule has 0 bridgehead atoms. The standard InChI is InChI=1S/C14H20ClNO/c1-2-8-13(15)9-4-3-5-10-14(17)16-11-6-7-12-16/h2,4,8-9H,1,3,5-7,10-12H2/b9-4-,13-8+. The van der Waals surface area contributed by atoms with Crippen molar-refractivity contribution in [3.05, 3.63) is 35.9 Å². The molecule has 0 aliphatic carbocycles. The summed E-state index contributed by atoms with van der Waals surface area (Å²) in [5.74, 6) is 0.295. The normalized spacial score (nSPS) is 16.8. The van der Waals surface area contributed by atoms with Gasteiger partial charge in [-0.3, -0.25) is 4.79 Å². The van der Waals surface area contributed by atoms with Crippen LogP contribution in [0.4, 0.5) is 0 Å². The Labute approximate surface area is 109 Å². The average Bonchev–Trinajstić information content (AvgIpc) is 2.82. The first-order chi connectivity index (χ1) is 8.24. The fourth-order valence-corrected chi connectivity index (χ4v) is 2.04. The summed E-state index contributed by atoms with van der Waals surface area (Å²) < 4.78 is 0. The maximum absolute atomic E-state index is 11.7. The number of rotatable bonds is 6. The van der Waals surface area contributed by atoms with E-state index in [9.17, 15) is 4.79 Å². The first-order valence-electron chi connectivity index (χ1n) is 6.16. The zero-order valence-corrected chi connectivity index (χ0v) is 11.0. The van der Waals surface area contributed by atoms with Crippen LogP contribution in [0.25, 0.3) is 0 Å². The second-order valence-electron chi connectivity index (χ2n) is 4.17. The van der Waals surface area contributed by atoms with Gasteiger partial charge in [0, 0.05) is 24.5 Å². The van der Waals surface area contributed by atoms with Crippen LogP contribution in [0, 0.1) is 0 Å². The highest BCUT2D eigenvalue weighted by Crippen LogP contribution is 2.11. The SMILES string of the molecule is C=C/C=C(Cl)\C=C/CCCC(=O)N1CCCC1. The van der Waals surface area contributed by atoms with Crippen LogP contribution in [0.2, 0.25) is 0 Å². The molecule has 0 aromatic carbocycles. The molecule has 0 N–H and O–H groups in total. The summed E-state index contributed by atoms with van der Waals surface area (Å²) in [6.07, 6.45) is 12.0. The van der Waals surface area contributed by atoms with Crippen molar-refractivity contribution in [2.24, 2.45) is 0 Å². The van der Waals surface area contributed by atoms with Crippen molar-refractivity contribution >= 4 is 17.5 Å². The van der Waals surface area contributed by atoms with Gasteiger partial charge in [0.25, 0.3) is 0 Å². The molecule has 1 aliphatic rings. The van der Waals surface area contributed by atoms with Crippen molar-refractivity contribution in [1.29, 1.82) is 0 Å².